The summed E-state index contributed by atoms with van der Waals surface area (Å²) in [6.07, 6.45) is 5.29. The van der Waals surface area contributed by atoms with E-state index in [1.807, 2.05) is 19.1 Å². The Morgan fingerprint density at radius 2 is 2.16 bits per heavy atom. The van der Waals surface area contributed by atoms with E-state index >= 15 is 0 Å². The summed E-state index contributed by atoms with van der Waals surface area (Å²) >= 11 is 3.52. The highest BCUT2D eigenvalue weighted by atomic mass is 79.9. The maximum atomic E-state index is 6.32. The van der Waals surface area contributed by atoms with E-state index in [0.29, 0.717) is 6.10 Å². The predicted molar refractivity (Wildman–Crippen MR) is 83.0 cm³/mol. The second-order valence-corrected chi connectivity index (χ2v) is 6.78. The van der Waals surface area contributed by atoms with E-state index in [1.165, 1.54) is 24.8 Å². The summed E-state index contributed by atoms with van der Waals surface area (Å²) in [5, 5.41) is 0. The van der Waals surface area contributed by atoms with Crippen molar-refractivity contribution in [3.63, 3.8) is 0 Å². The fourth-order valence-corrected chi connectivity index (χ4v) is 3.32. The molecule has 1 aromatic rings. The molecule has 2 rings (SSSR count). The summed E-state index contributed by atoms with van der Waals surface area (Å²) in [7, 11) is 0. The molecular formula is C16H24BrNO. The van der Waals surface area contributed by atoms with Crippen LogP contribution in [0.25, 0.3) is 0 Å². The molecule has 0 heterocycles. The lowest BCUT2D eigenvalue weighted by atomic mass is 9.88. The van der Waals surface area contributed by atoms with Gasteiger partial charge in [0.2, 0.25) is 0 Å². The van der Waals surface area contributed by atoms with Gasteiger partial charge in [-0.2, -0.15) is 0 Å². The molecule has 0 amide bonds. The molecule has 1 aliphatic rings. The van der Waals surface area contributed by atoms with Crippen LogP contribution >= 0.6 is 15.9 Å². The standard InChI is InChI=1S/C16H24BrNO/c1-11-5-3-8-15(9-11)19-16(12(2)18)13-6-4-7-14(17)10-13/h4,6-7,10-12,15-16H,3,5,8-9,18H2,1-2H3. The molecule has 1 aliphatic carbocycles. The Kier molecular flexibility index (Phi) is 5.43. The normalized spacial score (nSPS) is 26.9. The highest BCUT2D eigenvalue weighted by Gasteiger charge is 2.25. The number of halogens is 1. The zero-order valence-corrected chi connectivity index (χ0v) is 13.4. The molecule has 1 saturated carbocycles. The number of hydrogen-bond donors (Lipinski definition) is 1. The van der Waals surface area contributed by atoms with Gasteiger partial charge in [0, 0.05) is 10.5 Å². The quantitative estimate of drug-likeness (QED) is 0.888. The molecule has 4 unspecified atom stereocenters. The fraction of sp³-hybridized carbons (Fsp3) is 0.625. The minimum absolute atomic E-state index is 0.00605. The summed E-state index contributed by atoms with van der Waals surface area (Å²) in [5.41, 5.74) is 7.30. The average molecular weight is 326 g/mol. The second-order valence-electron chi connectivity index (χ2n) is 5.86. The molecule has 0 aromatic heterocycles. The van der Waals surface area contributed by atoms with Crippen LogP contribution in [0.3, 0.4) is 0 Å². The van der Waals surface area contributed by atoms with Crippen molar-refractivity contribution < 1.29 is 4.74 Å². The third-order valence-electron chi connectivity index (χ3n) is 3.88. The van der Waals surface area contributed by atoms with Crippen LogP contribution in [-0.4, -0.2) is 12.1 Å². The average Bonchev–Trinajstić information content (AvgIpc) is 2.35. The van der Waals surface area contributed by atoms with Gasteiger partial charge in [-0.05, 0) is 43.4 Å². The van der Waals surface area contributed by atoms with Crippen molar-refractivity contribution >= 4 is 15.9 Å². The van der Waals surface area contributed by atoms with Crippen molar-refractivity contribution in [1.82, 2.24) is 0 Å². The lowest BCUT2D eigenvalue weighted by molar-refractivity contribution is -0.0490. The molecule has 106 valence electrons. The van der Waals surface area contributed by atoms with E-state index in [0.717, 1.165) is 16.8 Å². The van der Waals surface area contributed by atoms with E-state index in [2.05, 4.69) is 35.0 Å². The molecule has 4 atom stereocenters. The first-order valence-corrected chi connectivity index (χ1v) is 8.02. The van der Waals surface area contributed by atoms with Gasteiger partial charge in [0.15, 0.2) is 0 Å². The lowest BCUT2D eigenvalue weighted by Crippen LogP contribution is -2.32. The van der Waals surface area contributed by atoms with Gasteiger partial charge in [0.05, 0.1) is 12.2 Å². The lowest BCUT2D eigenvalue weighted by Gasteiger charge is -2.32. The predicted octanol–water partition coefficient (Wildman–Crippen LogP) is 4.43. The molecule has 1 fully saturated rings. The number of benzene rings is 1. The van der Waals surface area contributed by atoms with Crippen molar-refractivity contribution in [2.75, 3.05) is 0 Å². The first-order valence-electron chi connectivity index (χ1n) is 7.22. The van der Waals surface area contributed by atoms with Crippen LogP contribution in [0.15, 0.2) is 28.7 Å². The zero-order chi connectivity index (χ0) is 13.8. The molecule has 2 nitrogen and oxygen atoms in total. The van der Waals surface area contributed by atoms with E-state index in [-0.39, 0.29) is 12.1 Å². The second kappa shape index (κ2) is 6.87. The van der Waals surface area contributed by atoms with E-state index in [9.17, 15) is 0 Å². The van der Waals surface area contributed by atoms with Gasteiger partial charge in [-0.25, -0.2) is 0 Å². The van der Waals surface area contributed by atoms with Crippen LogP contribution in [0.4, 0.5) is 0 Å². The van der Waals surface area contributed by atoms with Crippen LogP contribution in [0, 0.1) is 5.92 Å². The Morgan fingerprint density at radius 3 is 2.79 bits per heavy atom. The number of hydrogen-bond acceptors (Lipinski definition) is 2. The van der Waals surface area contributed by atoms with Crippen LogP contribution in [0.2, 0.25) is 0 Å². The third-order valence-corrected chi connectivity index (χ3v) is 4.38. The summed E-state index contributed by atoms with van der Waals surface area (Å²) in [4.78, 5) is 0. The molecule has 0 spiro atoms. The molecule has 0 bridgehead atoms. The maximum absolute atomic E-state index is 6.32. The monoisotopic (exact) mass is 325 g/mol. The van der Waals surface area contributed by atoms with Gasteiger partial charge in [0.1, 0.15) is 0 Å². The summed E-state index contributed by atoms with van der Waals surface area (Å²) in [6, 6.07) is 8.30. The molecule has 1 aromatic carbocycles. The van der Waals surface area contributed by atoms with Crippen LogP contribution in [0.1, 0.15) is 51.2 Å². The smallest absolute Gasteiger partial charge is 0.0977 e. The number of ether oxygens (including phenoxy) is 1. The molecular weight excluding hydrogens is 302 g/mol. The highest BCUT2D eigenvalue weighted by molar-refractivity contribution is 9.10. The summed E-state index contributed by atoms with van der Waals surface area (Å²) in [5.74, 6) is 0.773. The Bertz CT molecular complexity index is 407. The van der Waals surface area contributed by atoms with Gasteiger partial charge in [-0.15, -0.1) is 0 Å². The Hall–Kier alpha value is -0.380. The Balaban J connectivity index is 2.08. The molecule has 0 radical (unpaired) electrons. The topological polar surface area (TPSA) is 35.2 Å². The van der Waals surface area contributed by atoms with Crippen LogP contribution in [0.5, 0.6) is 0 Å². The van der Waals surface area contributed by atoms with Gasteiger partial charge in [-0.1, -0.05) is 47.8 Å². The summed E-state index contributed by atoms with van der Waals surface area (Å²) < 4.78 is 7.40. The number of rotatable bonds is 4. The molecule has 0 saturated heterocycles. The van der Waals surface area contributed by atoms with E-state index in [4.69, 9.17) is 10.5 Å². The maximum Gasteiger partial charge on any atom is 0.0977 e. The van der Waals surface area contributed by atoms with Gasteiger partial charge < -0.3 is 10.5 Å². The van der Waals surface area contributed by atoms with Crippen molar-refractivity contribution in [2.45, 2.75) is 57.8 Å². The van der Waals surface area contributed by atoms with Gasteiger partial charge >= 0.3 is 0 Å². The largest absolute Gasteiger partial charge is 0.369 e. The van der Waals surface area contributed by atoms with Crippen molar-refractivity contribution in [3.05, 3.63) is 34.3 Å². The van der Waals surface area contributed by atoms with Crippen molar-refractivity contribution in [2.24, 2.45) is 11.7 Å². The number of nitrogens with two attached hydrogens (primary N) is 1. The molecule has 3 heteroatoms. The van der Waals surface area contributed by atoms with Crippen molar-refractivity contribution in [1.29, 1.82) is 0 Å². The Morgan fingerprint density at radius 1 is 1.37 bits per heavy atom. The molecule has 2 N–H and O–H groups in total. The SMILES string of the molecule is CC1CCCC(OC(c2cccc(Br)c2)C(C)N)C1. The highest BCUT2D eigenvalue weighted by Crippen LogP contribution is 2.31. The summed E-state index contributed by atoms with van der Waals surface area (Å²) in [6.45, 7) is 4.34. The first-order chi connectivity index (χ1) is 9.06. The van der Waals surface area contributed by atoms with Gasteiger partial charge in [0.25, 0.3) is 0 Å². The third kappa shape index (κ3) is 4.30. The fourth-order valence-electron chi connectivity index (χ4n) is 2.90. The van der Waals surface area contributed by atoms with Gasteiger partial charge in [-0.3, -0.25) is 0 Å². The minimum atomic E-state index is -0.00667. The first kappa shape index (κ1) is 15.0. The molecule has 19 heavy (non-hydrogen) atoms. The Labute approximate surface area is 124 Å². The zero-order valence-electron chi connectivity index (χ0n) is 11.8. The van der Waals surface area contributed by atoms with Crippen LogP contribution in [-0.2, 0) is 4.74 Å². The minimum Gasteiger partial charge on any atom is -0.369 e. The molecule has 0 aliphatic heterocycles. The van der Waals surface area contributed by atoms with Crippen molar-refractivity contribution in [3.8, 4) is 0 Å². The van der Waals surface area contributed by atoms with E-state index in [1.54, 1.807) is 0 Å². The van der Waals surface area contributed by atoms with Crippen LogP contribution < -0.4 is 5.73 Å². The van der Waals surface area contributed by atoms with E-state index < -0.39 is 0 Å².